The Morgan fingerprint density at radius 1 is 0.769 bits per heavy atom. The van der Waals surface area contributed by atoms with Crippen LogP contribution in [0.1, 0.15) is 38.2 Å². The van der Waals surface area contributed by atoms with E-state index in [4.69, 9.17) is 0 Å². The largest absolute Gasteiger partial charge is 0.228 e. The van der Waals surface area contributed by atoms with Crippen molar-refractivity contribution in [3.63, 3.8) is 0 Å². The molecular formula is C23H23F2N. The number of hydrogen-bond acceptors (Lipinski definition) is 1. The molecule has 3 aromatic rings. The molecular weight excluding hydrogens is 328 g/mol. The van der Waals surface area contributed by atoms with E-state index in [1.165, 1.54) is 31.5 Å². The van der Waals surface area contributed by atoms with Gasteiger partial charge in [0, 0.05) is 17.3 Å². The van der Waals surface area contributed by atoms with Crippen molar-refractivity contribution in [1.82, 2.24) is 4.98 Å². The second-order valence-corrected chi connectivity index (χ2v) is 6.57. The number of rotatable bonds is 7. The molecule has 26 heavy (non-hydrogen) atoms. The average molecular weight is 351 g/mol. The molecule has 3 rings (SSSR count). The third kappa shape index (κ3) is 4.54. The second-order valence-electron chi connectivity index (χ2n) is 6.57. The van der Waals surface area contributed by atoms with Gasteiger partial charge in [0.25, 0.3) is 0 Å². The molecule has 0 bridgehead atoms. The summed E-state index contributed by atoms with van der Waals surface area (Å²) in [5.41, 5.74) is 4.25. The smallest absolute Gasteiger partial charge is 0.212 e. The van der Waals surface area contributed by atoms with Gasteiger partial charge in [0.15, 0.2) is 0 Å². The van der Waals surface area contributed by atoms with Gasteiger partial charge in [-0.05, 0) is 47.7 Å². The van der Waals surface area contributed by atoms with Gasteiger partial charge in [0.1, 0.15) is 5.82 Å². The Balaban J connectivity index is 1.73. The van der Waals surface area contributed by atoms with Crippen molar-refractivity contribution in [2.24, 2.45) is 0 Å². The van der Waals surface area contributed by atoms with Crippen LogP contribution in [0.25, 0.3) is 22.3 Å². The van der Waals surface area contributed by atoms with E-state index in [9.17, 15) is 8.78 Å². The SMILES string of the molecule is CCCCCCc1ccc(-c2ccc(-c3ccc(F)nc3)cc2)c(F)c1. The van der Waals surface area contributed by atoms with E-state index in [-0.39, 0.29) is 5.82 Å². The topological polar surface area (TPSA) is 12.9 Å². The van der Waals surface area contributed by atoms with Crippen LogP contribution in [-0.4, -0.2) is 4.98 Å². The maximum Gasteiger partial charge on any atom is 0.212 e. The molecule has 2 aromatic carbocycles. The molecule has 0 radical (unpaired) electrons. The first-order valence-corrected chi connectivity index (χ1v) is 9.18. The number of benzene rings is 2. The number of aromatic nitrogens is 1. The van der Waals surface area contributed by atoms with Gasteiger partial charge in [0.05, 0.1) is 0 Å². The van der Waals surface area contributed by atoms with Crippen LogP contribution in [-0.2, 0) is 6.42 Å². The Labute approximate surface area is 153 Å². The summed E-state index contributed by atoms with van der Waals surface area (Å²) < 4.78 is 27.5. The summed E-state index contributed by atoms with van der Waals surface area (Å²) in [5.74, 6) is -0.684. The predicted octanol–water partition coefficient (Wildman–Crippen LogP) is 6.82. The molecule has 1 heterocycles. The first kappa shape index (κ1) is 18.2. The van der Waals surface area contributed by atoms with Crippen LogP contribution in [0.2, 0.25) is 0 Å². The normalized spacial score (nSPS) is 10.9. The van der Waals surface area contributed by atoms with Crippen LogP contribution < -0.4 is 0 Å². The molecule has 0 aliphatic heterocycles. The zero-order valence-electron chi connectivity index (χ0n) is 15.0. The van der Waals surface area contributed by atoms with E-state index in [1.54, 1.807) is 12.1 Å². The highest BCUT2D eigenvalue weighted by Crippen LogP contribution is 2.27. The van der Waals surface area contributed by atoms with E-state index >= 15 is 0 Å². The van der Waals surface area contributed by atoms with Gasteiger partial charge in [-0.2, -0.15) is 4.39 Å². The van der Waals surface area contributed by atoms with Gasteiger partial charge in [-0.1, -0.05) is 62.6 Å². The van der Waals surface area contributed by atoms with Crippen LogP contribution in [0.15, 0.2) is 60.8 Å². The Hall–Kier alpha value is -2.55. The van der Waals surface area contributed by atoms with Gasteiger partial charge in [-0.15, -0.1) is 0 Å². The van der Waals surface area contributed by atoms with Crippen molar-refractivity contribution in [2.75, 3.05) is 0 Å². The van der Waals surface area contributed by atoms with E-state index in [2.05, 4.69) is 11.9 Å². The number of nitrogens with zero attached hydrogens (tertiary/aromatic N) is 1. The molecule has 0 N–H and O–H groups in total. The lowest BCUT2D eigenvalue weighted by Gasteiger charge is -2.08. The third-order valence-electron chi connectivity index (χ3n) is 4.61. The molecule has 0 fully saturated rings. The summed E-state index contributed by atoms with van der Waals surface area (Å²) in [7, 11) is 0. The highest BCUT2D eigenvalue weighted by molar-refractivity contribution is 5.70. The standard InChI is InChI=1S/C23H23F2N/c1-2-3-4-5-6-17-7-13-21(22(24)15-17)19-10-8-18(9-11-19)20-12-14-23(25)26-16-20/h7-16H,2-6H2,1H3. The minimum absolute atomic E-state index is 0.186. The lowest BCUT2D eigenvalue weighted by atomic mass is 9.98. The Kier molecular flexibility index (Phi) is 6.11. The van der Waals surface area contributed by atoms with Gasteiger partial charge in [0.2, 0.25) is 5.95 Å². The van der Waals surface area contributed by atoms with Gasteiger partial charge < -0.3 is 0 Å². The van der Waals surface area contributed by atoms with Crippen LogP contribution >= 0.6 is 0 Å². The fourth-order valence-electron chi connectivity index (χ4n) is 3.09. The Bertz CT molecular complexity index is 839. The van der Waals surface area contributed by atoms with Crippen LogP contribution in [0, 0.1) is 11.8 Å². The third-order valence-corrected chi connectivity index (χ3v) is 4.61. The van der Waals surface area contributed by atoms with E-state index in [1.807, 2.05) is 36.4 Å². The maximum atomic E-state index is 14.5. The number of halogens is 2. The molecule has 3 heteroatoms. The quantitative estimate of drug-likeness (QED) is 0.336. The lowest BCUT2D eigenvalue weighted by molar-refractivity contribution is 0.584. The average Bonchev–Trinajstić information content (AvgIpc) is 2.66. The van der Waals surface area contributed by atoms with E-state index in [0.717, 1.165) is 35.1 Å². The Morgan fingerprint density at radius 3 is 2.15 bits per heavy atom. The summed E-state index contributed by atoms with van der Waals surface area (Å²) in [4.78, 5) is 3.67. The van der Waals surface area contributed by atoms with Crippen LogP contribution in [0.4, 0.5) is 8.78 Å². The van der Waals surface area contributed by atoms with Gasteiger partial charge >= 0.3 is 0 Å². The summed E-state index contributed by atoms with van der Waals surface area (Å²) in [6.07, 6.45) is 7.16. The monoisotopic (exact) mass is 351 g/mol. The van der Waals surface area contributed by atoms with Crippen molar-refractivity contribution >= 4 is 0 Å². The first-order valence-electron chi connectivity index (χ1n) is 9.18. The minimum atomic E-state index is -0.498. The molecule has 0 amide bonds. The molecule has 0 aliphatic carbocycles. The fraction of sp³-hybridized carbons (Fsp3) is 0.261. The Morgan fingerprint density at radius 2 is 1.50 bits per heavy atom. The van der Waals surface area contributed by atoms with Gasteiger partial charge in [-0.25, -0.2) is 9.37 Å². The molecule has 0 spiro atoms. The zero-order valence-corrected chi connectivity index (χ0v) is 15.0. The van der Waals surface area contributed by atoms with Gasteiger partial charge in [-0.3, -0.25) is 0 Å². The molecule has 1 nitrogen and oxygen atoms in total. The van der Waals surface area contributed by atoms with Crippen LogP contribution in [0.5, 0.6) is 0 Å². The fourth-order valence-corrected chi connectivity index (χ4v) is 3.09. The second kappa shape index (κ2) is 8.70. The van der Waals surface area contributed by atoms with Crippen molar-refractivity contribution < 1.29 is 8.78 Å². The van der Waals surface area contributed by atoms with Crippen molar-refractivity contribution in [2.45, 2.75) is 39.0 Å². The van der Waals surface area contributed by atoms with E-state index in [0.29, 0.717) is 5.56 Å². The lowest BCUT2D eigenvalue weighted by Crippen LogP contribution is -1.91. The van der Waals surface area contributed by atoms with Crippen molar-refractivity contribution in [1.29, 1.82) is 0 Å². The summed E-state index contributed by atoms with van der Waals surface area (Å²) in [6, 6.07) is 16.1. The number of aryl methyl sites for hydroxylation is 1. The number of unbranched alkanes of at least 4 members (excludes halogenated alkanes) is 3. The molecule has 134 valence electrons. The molecule has 0 saturated heterocycles. The number of pyridine rings is 1. The van der Waals surface area contributed by atoms with Crippen molar-refractivity contribution in [3.8, 4) is 22.3 Å². The zero-order chi connectivity index (χ0) is 18.4. The van der Waals surface area contributed by atoms with Crippen LogP contribution in [0.3, 0.4) is 0 Å². The molecule has 0 unspecified atom stereocenters. The molecule has 1 aromatic heterocycles. The minimum Gasteiger partial charge on any atom is -0.228 e. The first-order chi connectivity index (χ1) is 12.7. The molecule has 0 aliphatic rings. The highest BCUT2D eigenvalue weighted by atomic mass is 19.1. The summed E-state index contributed by atoms with van der Waals surface area (Å²) >= 11 is 0. The maximum absolute atomic E-state index is 14.5. The predicted molar refractivity (Wildman–Crippen MR) is 103 cm³/mol. The number of hydrogen-bond donors (Lipinski definition) is 0. The summed E-state index contributed by atoms with van der Waals surface area (Å²) in [5, 5.41) is 0. The molecule has 0 atom stereocenters. The summed E-state index contributed by atoms with van der Waals surface area (Å²) in [6.45, 7) is 2.19. The highest BCUT2D eigenvalue weighted by Gasteiger charge is 2.07. The van der Waals surface area contributed by atoms with Crippen molar-refractivity contribution in [3.05, 3.63) is 78.1 Å². The van der Waals surface area contributed by atoms with E-state index < -0.39 is 5.95 Å². The molecule has 0 saturated carbocycles.